The standard InChI is InChI=1S/C14H16I3NO2/c1-18-4-2-3-9(7-18)8-20-14(19)11-5-10(15)6-12(16)13(11)17/h5-6,9H,2-4,7-8H2,1H3. The third kappa shape index (κ3) is 4.67. The number of ether oxygens (including phenoxy) is 1. The minimum atomic E-state index is -0.195. The monoisotopic (exact) mass is 611 g/mol. The number of esters is 1. The number of benzene rings is 1. The molecule has 1 aliphatic heterocycles. The van der Waals surface area contributed by atoms with Crippen LogP contribution in [0.25, 0.3) is 0 Å². The van der Waals surface area contributed by atoms with Gasteiger partial charge in [-0.1, -0.05) is 0 Å². The number of hydrogen-bond acceptors (Lipinski definition) is 3. The first-order chi connectivity index (χ1) is 9.47. The summed E-state index contributed by atoms with van der Waals surface area (Å²) in [5, 5.41) is 0. The zero-order valence-corrected chi connectivity index (χ0v) is 17.6. The van der Waals surface area contributed by atoms with E-state index in [0.717, 1.165) is 30.2 Å². The molecular weight excluding hydrogens is 595 g/mol. The first-order valence-electron chi connectivity index (χ1n) is 6.47. The molecule has 110 valence electrons. The Balaban J connectivity index is 1.98. The van der Waals surface area contributed by atoms with Gasteiger partial charge in [-0.15, -0.1) is 0 Å². The minimum absolute atomic E-state index is 0.195. The normalized spacial score (nSPS) is 19.9. The van der Waals surface area contributed by atoms with E-state index in [2.05, 4.69) is 85.8 Å². The lowest BCUT2D eigenvalue weighted by molar-refractivity contribution is 0.0370. The molecule has 0 bridgehead atoms. The molecule has 20 heavy (non-hydrogen) atoms. The Morgan fingerprint density at radius 3 is 2.85 bits per heavy atom. The molecule has 1 saturated heterocycles. The van der Waals surface area contributed by atoms with E-state index in [4.69, 9.17) is 4.74 Å². The van der Waals surface area contributed by atoms with Crippen molar-refractivity contribution in [3.63, 3.8) is 0 Å². The van der Waals surface area contributed by atoms with E-state index in [9.17, 15) is 4.79 Å². The van der Waals surface area contributed by atoms with Crippen molar-refractivity contribution in [2.45, 2.75) is 12.8 Å². The summed E-state index contributed by atoms with van der Waals surface area (Å²) >= 11 is 6.70. The zero-order valence-electron chi connectivity index (χ0n) is 11.2. The van der Waals surface area contributed by atoms with Crippen LogP contribution >= 0.6 is 67.8 Å². The van der Waals surface area contributed by atoms with Gasteiger partial charge in [0.1, 0.15) is 0 Å². The van der Waals surface area contributed by atoms with Crippen LogP contribution in [-0.2, 0) is 4.74 Å². The van der Waals surface area contributed by atoms with Gasteiger partial charge in [0.15, 0.2) is 0 Å². The van der Waals surface area contributed by atoms with Gasteiger partial charge in [-0.25, -0.2) is 4.79 Å². The van der Waals surface area contributed by atoms with Crippen molar-refractivity contribution in [1.82, 2.24) is 4.90 Å². The summed E-state index contributed by atoms with van der Waals surface area (Å²) in [7, 11) is 2.12. The van der Waals surface area contributed by atoms with Gasteiger partial charge in [-0.3, -0.25) is 0 Å². The van der Waals surface area contributed by atoms with E-state index in [1.165, 1.54) is 6.42 Å². The molecule has 0 aromatic heterocycles. The molecule has 0 aliphatic carbocycles. The highest BCUT2D eigenvalue weighted by atomic mass is 127. The molecule has 1 unspecified atom stereocenters. The summed E-state index contributed by atoms with van der Waals surface area (Å²) in [5.41, 5.74) is 0.686. The predicted molar refractivity (Wildman–Crippen MR) is 105 cm³/mol. The second-order valence-electron chi connectivity index (χ2n) is 5.12. The van der Waals surface area contributed by atoms with Crippen LogP contribution in [0.1, 0.15) is 23.2 Å². The maximum absolute atomic E-state index is 12.2. The molecule has 1 aromatic rings. The molecule has 0 amide bonds. The van der Waals surface area contributed by atoms with Gasteiger partial charge in [0.2, 0.25) is 0 Å². The Morgan fingerprint density at radius 2 is 2.15 bits per heavy atom. The van der Waals surface area contributed by atoms with E-state index in [1.54, 1.807) is 0 Å². The first-order valence-corrected chi connectivity index (χ1v) is 9.71. The van der Waals surface area contributed by atoms with Crippen LogP contribution in [0, 0.1) is 16.6 Å². The van der Waals surface area contributed by atoms with Crippen molar-refractivity contribution in [1.29, 1.82) is 0 Å². The first kappa shape index (κ1) is 17.2. The van der Waals surface area contributed by atoms with Gasteiger partial charge >= 0.3 is 5.97 Å². The number of rotatable bonds is 3. The third-order valence-electron chi connectivity index (χ3n) is 3.39. The topological polar surface area (TPSA) is 29.5 Å². The van der Waals surface area contributed by atoms with Gasteiger partial charge in [-0.2, -0.15) is 0 Å². The highest BCUT2D eigenvalue weighted by molar-refractivity contribution is 14.1. The molecule has 1 heterocycles. The fourth-order valence-corrected chi connectivity index (χ4v) is 4.76. The summed E-state index contributed by atoms with van der Waals surface area (Å²) in [6.07, 6.45) is 2.34. The SMILES string of the molecule is CN1CCCC(COC(=O)c2cc(I)cc(I)c2I)C1. The second-order valence-corrected chi connectivity index (χ2v) is 8.60. The average molecular weight is 611 g/mol. The van der Waals surface area contributed by atoms with Crippen molar-refractivity contribution < 1.29 is 9.53 Å². The van der Waals surface area contributed by atoms with E-state index in [-0.39, 0.29) is 5.97 Å². The van der Waals surface area contributed by atoms with Crippen LogP contribution in [0.4, 0.5) is 0 Å². The Hall–Kier alpha value is 0.840. The third-order valence-corrected chi connectivity index (χ3v) is 7.05. The van der Waals surface area contributed by atoms with Crippen LogP contribution in [0.15, 0.2) is 12.1 Å². The van der Waals surface area contributed by atoms with Gasteiger partial charge in [0, 0.05) is 23.2 Å². The highest BCUT2D eigenvalue weighted by Crippen LogP contribution is 2.24. The lowest BCUT2D eigenvalue weighted by atomic mass is 10.00. The number of carbonyl (C=O) groups excluding carboxylic acids is 1. The molecule has 1 atom stereocenters. The fraction of sp³-hybridized carbons (Fsp3) is 0.500. The smallest absolute Gasteiger partial charge is 0.339 e. The summed E-state index contributed by atoms with van der Waals surface area (Å²) in [4.78, 5) is 14.6. The fourth-order valence-electron chi connectivity index (χ4n) is 2.39. The van der Waals surface area contributed by atoms with Crippen molar-refractivity contribution >= 4 is 73.7 Å². The Bertz CT molecular complexity index is 507. The molecular formula is C14H16I3NO2. The molecule has 0 saturated carbocycles. The molecule has 1 fully saturated rings. The molecule has 0 radical (unpaired) electrons. The molecule has 3 nitrogen and oxygen atoms in total. The number of halogens is 3. The van der Waals surface area contributed by atoms with Gasteiger partial charge in [0.25, 0.3) is 0 Å². The average Bonchev–Trinajstić information content (AvgIpc) is 2.40. The lowest BCUT2D eigenvalue weighted by Crippen LogP contribution is -2.34. The molecule has 0 spiro atoms. The number of hydrogen-bond donors (Lipinski definition) is 0. The number of likely N-dealkylation sites (tertiary alicyclic amines) is 1. The van der Waals surface area contributed by atoms with Crippen molar-refractivity contribution in [2.75, 3.05) is 26.7 Å². The van der Waals surface area contributed by atoms with Gasteiger partial charge in [-0.05, 0) is 106 Å². The summed E-state index contributed by atoms with van der Waals surface area (Å²) in [6, 6.07) is 3.97. The zero-order chi connectivity index (χ0) is 14.7. The number of carbonyl (C=O) groups is 1. The molecule has 1 aliphatic rings. The summed E-state index contributed by atoms with van der Waals surface area (Å²) < 4.78 is 8.67. The van der Waals surface area contributed by atoms with Crippen LogP contribution in [0.5, 0.6) is 0 Å². The van der Waals surface area contributed by atoms with Crippen LogP contribution in [0.2, 0.25) is 0 Å². The van der Waals surface area contributed by atoms with E-state index in [1.807, 2.05) is 6.07 Å². The van der Waals surface area contributed by atoms with E-state index >= 15 is 0 Å². The van der Waals surface area contributed by atoms with E-state index < -0.39 is 0 Å². The van der Waals surface area contributed by atoms with Crippen molar-refractivity contribution in [2.24, 2.45) is 5.92 Å². The Kier molecular flexibility index (Phi) is 6.80. The number of nitrogens with zero attached hydrogens (tertiary/aromatic N) is 1. The molecule has 1 aromatic carbocycles. The molecule has 6 heteroatoms. The maximum atomic E-state index is 12.2. The quantitative estimate of drug-likeness (QED) is 0.295. The van der Waals surface area contributed by atoms with Crippen LogP contribution < -0.4 is 0 Å². The van der Waals surface area contributed by atoms with Crippen LogP contribution in [-0.4, -0.2) is 37.6 Å². The largest absolute Gasteiger partial charge is 0.462 e. The Labute approximate surface area is 160 Å². The van der Waals surface area contributed by atoms with E-state index in [0.29, 0.717) is 18.1 Å². The van der Waals surface area contributed by atoms with Gasteiger partial charge in [0.05, 0.1) is 12.2 Å². The Morgan fingerprint density at radius 1 is 1.40 bits per heavy atom. The maximum Gasteiger partial charge on any atom is 0.339 e. The van der Waals surface area contributed by atoms with Gasteiger partial charge < -0.3 is 9.64 Å². The number of piperidine rings is 1. The minimum Gasteiger partial charge on any atom is -0.462 e. The second kappa shape index (κ2) is 7.91. The highest BCUT2D eigenvalue weighted by Gasteiger charge is 2.20. The molecule has 2 rings (SSSR count). The van der Waals surface area contributed by atoms with Crippen LogP contribution in [0.3, 0.4) is 0 Å². The summed E-state index contributed by atoms with van der Waals surface area (Å²) in [6.45, 7) is 2.70. The lowest BCUT2D eigenvalue weighted by Gasteiger charge is -2.29. The van der Waals surface area contributed by atoms with Crippen molar-refractivity contribution in [3.05, 3.63) is 28.4 Å². The summed E-state index contributed by atoms with van der Waals surface area (Å²) in [5.74, 6) is 0.274. The van der Waals surface area contributed by atoms with Crippen molar-refractivity contribution in [3.8, 4) is 0 Å². The molecule has 0 N–H and O–H groups in total. The predicted octanol–water partition coefficient (Wildman–Crippen LogP) is 4.00.